The molecule has 0 radical (unpaired) electrons. The Labute approximate surface area is 147 Å². The maximum Gasteiger partial charge on any atom is 0.277 e. The van der Waals surface area contributed by atoms with Crippen molar-refractivity contribution in [2.45, 2.75) is 13.8 Å². The minimum Gasteiger partial charge on any atom is -0.483 e. The summed E-state index contributed by atoms with van der Waals surface area (Å²) in [7, 11) is 0. The fourth-order valence-corrected chi connectivity index (χ4v) is 2.66. The van der Waals surface area contributed by atoms with Crippen LogP contribution in [0.1, 0.15) is 16.7 Å². The molecule has 0 saturated carbocycles. The first kappa shape index (κ1) is 16.7. The third-order valence-corrected chi connectivity index (χ3v) is 3.93. The summed E-state index contributed by atoms with van der Waals surface area (Å²) in [4.78, 5) is 11.9. The third-order valence-electron chi connectivity index (χ3n) is 3.93. The van der Waals surface area contributed by atoms with E-state index in [1.54, 1.807) is 6.21 Å². The van der Waals surface area contributed by atoms with Crippen LogP contribution in [0, 0.1) is 13.8 Å². The van der Waals surface area contributed by atoms with Crippen LogP contribution >= 0.6 is 0 Å². The summed E-state index contributed by atoms with van der Waals surface area (Å²) in [6, 6.07) is 20.0. The first-order chi connectivity index (χ1) is 12.1. The highest BCUT2D eigenvalue weighted by atomic mass is 16.5. The fourth-order valence-electron chi connectivity index (χ4n) is 2.66. The number of fused-ring (bicyclic) bond motifs is 1. The third kappa shape index (κ3) is 4.23. The van der Waals surface area contributed by atoms with Gasteiger partial charge in [0.2, 0.25) is 0 Å². The molecule has 1 amide bonds. The van der Waals surface area contributed by atoms with E-state index in [1.165, 1.54) is 5.39 Å². The lowest BCUT2D eigenvalue weighted by Crippen LogP contribution is -2.25. The average Bonchev–Trinajstić information content (AvgIpc) is 2.61. The van der Waals surface area contributed by atoms with E-state index in [1.807, 2.05) is 68.4 Å². The second-order valence-electron chi connectivity index (χ2n) is 5.91. The highest BCUT2D eigenvalue weighted by Gasteiger charge is 2.06. The van der Waals surface area contributed by atoms with Gasteiger partial charge in [0.15, 0.2) is 6.61 Å². The van der Waals surface area contributed by atoms with Gasteiger partial charge in [-0.05, 0) is 47.4 Å². The quantitative estimate of drug-likeness (QED) is 0.567. The second-order valence-corrected chi connectivity index (χ2v) is 5.91. The van der Waals surface area contributed by atoms with Crippen LogP contribution < -0.4 is 10.2 Å². The van der Waals surface area contributed by atoms with Crippen LogP contribution in [0.4, 0.5) is 0 Å². The number of rotatable bonds is 5. The zero-order valence-corrected chi connectivity index (χ0v) is 14.3. The van der Waals surface area contributed by atoms with Crippen LogP contribution in [0.25, 0.3) is 10.8 Å². The molecule has 0 aromatic heterocycles. The predicted molar refractivity (Wildman–Crippen MR) is 101 cm³/mol. The average molecular weight is 332 g/mol. The molecule has 3 aromatic carbocycles. The molecule has 3 aromatic rings. The predicted octanol–water partition coefficient (Wildman–Crippen LogP) is 3.99. The van der Waals surface area contributed by atoms with Crippen LogP contribution in [-0.4, -0.2) is 18.7 Å². The summed E-state index contributed by atoms with van der Waals surface area (Å²) in [5.41, 5.74) is 5.43. The van der Waals surface area contributed by atoms with Gasteiger partial charge in [-0.25, -0.2) is 5.43 Å². The van der Waals surface area contributed by atoms with E-state index in [9.17, 15) is 4.79 Å². The number of hydrogen-bond acceptors (Lipinski definition) is 3. The van der Waals surface area contributed by atoms with Gasteiger partial charge in [0.1, 0.15) is 5.75 Å². The number of nitrogens with zero attached hydrogens (tertiary/aromatic N) is 1. The molecule has 0 saturated heterocycles. The van der Waals surface area contributed by atoms with E-state index in [-0.39, 0.29) is 12.5 Å². The van der Waals surface area contributed by atoms with Crippen LogP contribution in [0.3, 0.4) is 0 Å². The monoisotopic (exact) mass is 332 g/mol. The Kier molecular flexibility index (Phi) is 5.09. The summed E-state index contributed by atoms with van der Waals surface area (Å²) in [5, 5.41) is 6.31. The Morgan fingerprint density at radius 1 is 1.00 bits per heavy atom. The molecule has 4 nitrogen and oxygen atoms in total. The lowest BCUT2D eigenvalue weighted by Gasteiger charge is -2.10. The Bertz CT molecular complexity index is 912. The Balaban J connectivity index is 1.57. The van der Waals surface area contributed by atoms with E-state index in [0.29, 0.717) is 0 Å². The van der Waals surface area contributed by atoms with Crippen LogP contribution in [0.15, 0.2) is 65.8 Å². The summed E-state index contributed by atoms with van der Waals surface area (Å²) in [6.45, 7) is 3.84. The van der Waals surface area contributed by atoms with Gasteiger partial charge < -0.3 is 4.74 Å². The van der Waals surface area contributed by atoms with Crippen LogP contribution in [0.5, 0.6) is 5.75 Å². The van der Waals surface area contributed by atoms with Gasteiger partial charge in [0.05, 0.1) is 6.21 Å². The van der Waals surface area contributed by atoms with Gasteiger partial charge in [-0.2, -0.15) is 5.10 Å². The Morgan fingerprint density at radius 2 is 1.72 bits per heavy atom. The van der Waals surface area contributed by atoms with Crippen molar-refractivity contribution in [3.8, 4) is 5.75 Å². The number of nitrogens with one attached hydrogen (secondary N) is 1. The van der Waals surface area contributed by atoms with Gasteiger partial charge in [0, 0.05) is 0 Å². The molecule has 0 fully saturated rings. The minimum atomic E-state index is -0.292. The molecular weight excluding hydrogens is 312 g/mol. The summed E-state index contributed by atoms with van der Waals surface area (Å²) < 4.78 is 5.60. The highest BCUT2D eigenvalue weighted by molar-refractivity contribution is 5.90. The molecule has 25 heavy (non-hydrogen) atoms. The number of benzene rings is 3. The molecule has 0 aliphatic heterocycles. The molecule has 0 unspecified atom stereocenters. The fraction of sp³-hybridized carbons (Fsp3) is 0.143. The maximum absolute atomic E-state index is 11.9. The number of hydrazone groups is 1. The van der Waals surface area contributed by atoms with Gasteiger partial charge in [0.25, 0.3) is 5.91 Å². The van der Waals surface area contributed by atoms with E-state index in [0.717, 1.165) is 27.8 Å². The number of carbonyl (C=O) groups excluding carboxylic acids is 1. The minimum absolute atomic E-state index is 0.0687. The molecule has 0 aliphatic rings. The van der Waals surface area contributed by atoms with Crippen LogP contribution in [-0.2, 0) is 4.79 Å². The molecule has 4 heteroatoms. The molecule has 126 valence electrons. The number of para-hydroxylation sites is 1. The zero-order valence-electron chi connectivity index (χ0n) is 14.3. The number of hydrogen-bond donors (Lipinski definition) is 1. The first-order valence-electron chi connectivity index (χ1n) is 8.13. The normalized spacial score (nSPS) is 11.0. The lowest BCUT2D eigenvalue weighted by molar-refractivity contribution is -0.123. The summed E-state index contributed by atoms with van der Waals surface area (Å²) in [5.74, 6) is 0.454. The van der Waals surface area contributed by atoms with Crippen molar-refractivity contribution in [1.29, 1.82) is 0 Å². The molecule has 0 spiro atoms. The van der Waals surface area contributed by atoms with Gasteiger partial charge >= 0.3 is 0 Å². The summed E-state index contributed by atoms with van der Waals surface area (Å²) >= 11 is 0. The molecule has 3 rings (SSSR count). The van der Waals surface area contributed by atoms with Crippen molar-refractivity contribution in [3.63, 3.8) is 0 Å². The molecule has 0 aliphatic carbocycles. The zero-order chi connectivity index (χ0) is 17.6. The van der Waals surface area contributed by atoms with E-state index in [4.69, 9.17) is 4.74 Å². The van der Waals surface area contributed by atoms with Crippen molar-refractivity contribution in [3.05, 3.63) is 77.4 Å². The Morgan fingerprint density at radius 3 is 2.48 bits per heavy atom. The van der Waals surface area contributed by atoms with Crippen molar-refractivity contribution in [2.24, 2.45) is 5.10 Å². The highest BCUT2D eigenvalue weighted by Crippen LogP contribution is 2.22. The maximum atomic E-state index is 11.9. The van der Waals surface area contributed by atoms with Gasteiger partial charge in [-0.3, -0.25) is 4.79 Å². The van der Waals surface area contributed by atoms with Gasteiger partial charge in [-0.1, -0.05) is 54.6 Å². The number of ether oxygens (including phenoxy) is 1. The lowest BCUT2D eigenvalue weighted by atomic mass is 10.1. The standard InChI is InChI=1S/C21H20N2O2/c1-15-6-5-7-16(2)21(15)25-14-20(24)23-22-13-17-10-11-18-8-3-4-9-19(18)12-17/h3-13H,14H2,1-2H3,(H,23,24). The van der Waals surface area contributed by atoms with E-state index in [2.05, 4.69) is 16.6 Å². The second kappa shape index (κ2) is 7.62. The first-order valence-corrected chi connectivity index (χ1v) is 8.13. The molecule has 0 atom stereocenters. The van der Waals surface area contributed by atoms with E-state index < -0.39 is 0 Å². The van der Waals surface area contributed by atoms with E-state index >= 15 is 0 Å². The van der Waals surface area contributed by atoms with Gasteiger partial charge in [-0.15, -0.1) is 0 Å². The number of carbonyl (C=O) groups is 1. The van der Waals surface area contributed by atoms with Crippen LogP contribution in [0.2, 0.25) is 0 Å². The number of amides is 1. The summed E-state index contributed by atoms with van der Waals surface area (Å²) in [6.07, 6.45) is 1.63. The Hall–Kier alpha value is -3.14. The molecule has 0 heterocycles. The molecule has 0 bridgehead atoms. The van der Waals surface area contributed by atoms with Crippen molar-refractivity contribution >= 4 is 22.9 Å². The van der Waals surface area contributed by atoms with Crippen molar-refractivity contribution in [1.82, 2.24) is 5.43 Å². The van der Waals surface area contributed by atoms with Crippen molar-refractivity contribution < 1.29 is 9.53 Å². The smallest absolute Gasteiger partial charge is 0.277 e. The largest absolute Gasteiger partial charge is 0.483 e. The topological polar surface area (TPSA) is 50.7 Å². The molecular formula is C21H20N2O2. The number of aryl methyl sites for hydroxylation is 2. The SMILES string of the molecule is Cc1cccc(C)c1OCC(=O)NN=Cc1ccc2ccccc2c1. The molecule has 1 N–H and O–H groups in total. The van der Waals surface area contributed by atoms with Crippen molar-refractivity contribution in [2.75, 3.05) is 6.61 Å².